The molecule has 0 aromatic heterocycles. The van der Waals surface area contributed by atoms with Gasteiger partial charge < -0.3 is 5.32 Å². The zero-order valence-corrected chi connectivity index (χ0v) is 12.9. The summed E-state index contributed by atoms with van der Waals surface area (Å²) in [6.45, 7) is 17.0. The van der Waals surface area contributed by atoms with Gasteiger partial charge in [-0.05, 0) is 30.1 Å². The standard InChI is InChI=1S/C16H33N/c1-7-9-14(3,4)11-16(12-17-13-16)15(5,6)10-8-2/h17H,7-13H2,1-6H3. The van der Waals surface area contributed by atoms with E-state index in [1.807, 2.05) is 0 Å². The average Bonchev–Trinajstić information content (AvgIpc) is 2.10. The lowest BCUT2D eigenvalue weighted by atomic mass is 9.54. The maximum atomic E-state index is 3.53. The molecule has 0 aliphatic carbocycles. The summed E-state index contributed by atoms with van der Waals surface area (Å²) in [5.41, 5.74) is 1.53. The van der Waals surface area contributed by atoms with Crippen molar-refractivity contribution in [3.05, 3.63) is 0 Å². The van der Waals surface area contributed by atoms with Gasteiger partial charge in [0, 0.05) is 18.5 Å². The van der Waals surface area contributed by atoms with E-state index >= 15 is 0 Å². The van der Waals surface area contributed by atoms with Crippen molar-refractivity contribution in [2.45, 2.75) is 73.6 Å². The second-order valence-electron chi connectivity index (χ2n) is 7.61. The fourth-order valence-corrected chi connectivity index (χ4v) is 3.84. The zero-order chi connectivity index (χ0) is 13.2. The van der Waals surface area contributed by atoms with Crippen molar-refractivity contribution in [1.29, 1.82) is 0 Å². The van der Waals surface area contributed by atoms with Crippen molar-refractivity contribution in [2.75, 3.05) is 13.1 Å². The van der Waals surface area contributed by atoms with Gasteiger partial charge in [-0.15, -0.1) is 0 Å². The third kappa shape index (κ3) is 3.24. The molecule has 0 aromatic rings. The van der Waals surface area contributed by atoms with Gasteiger partial charge in [0.2, 0.25) is 0 Å². The van der Waals surface area contributed by atoms with E-state index in [1.165, 1.54) is 45.2 Å². The summed E-state index contributed by atoms with van der Waals surface area (Å²) in [5, 5.41) is 3.53. The number of nitrogens with one attached hydrogen (secondary N) is 1. The van der Waals surface area contributed by atoms with Gasteiger partial charge in [-0.3, -0.25) is 0 Å². The second kappa shape index (κ2) is 5.30. The van der Waals surface area contributed by atoms with Crippen LogP contribution in [0.25, 0.3) is 0 Å². The molecule has 1 heterocycles. The Morgan fingerprint density at radius 2 is 1.47 bits per heavy atom. The van der Waals surface area contributed by atoms with E-state index in [1.54, 1.807) is 0 Å². The van der Waals surface area contributed by atoms with E-state index in [2.05, 4.69) is 46.9 Å². The van der Waals surface area contributed by atoms with Crippen LogP contribution in [0.15, 0.2) is 0 Å². The topological polar surface area (TPSA) is 12.0 Å². The van der Waals surface area contributed by atoms with E-state index in [9.17, 15) is 0 Å². The molecule has 0 aromatic carbocycles. The summed E-state index contributed by atoms with van der Waals surface area (Å²) >= 11 is 0. The summed E-state index contributed by atoms with van der Waals surface area (Å²) in [4.78, 5) is 0. The monoisotopic (exact) mass is 239 g/mol. The Morgan fingerprint density at radius 3 is 1.82 bits per heavy atom. The van der Waals surface area contributed by atoms with E-state index in [4.69, 9.17) is 0 Å². The van der Waals surface area contributed by atoms with Gasteiger partial charge in [0.1, 0.15) is 0 Å². The highest BCUT2D eigenvalue weighted by molar-refractivity contribution is 5.04. The summed E-state index contributed by atoms with van der Waals surface area (Å²) in [6, 6.07) is 0. The highest BCUT2D eigenvalue weighted by atomic mass is 15.0. The molecule has 0 saturated carbocycles. The van der Waals surface area contributed by atoms with Gasteiger partial charge in [-0.1, -0.05) is 54.4 Å². The third-order valence-electron chi connectivity index (χ3n) is 4.98. The molecule has 1 aliphatic rings. The molecular formula is C16H33N. The van der Waals surface area contributed by atoms with Gasteiger partial charge in [-0.25, -0.2) is 0 Å². The molecule has 1 rings (SSSR count). The highest BCUT2D eigenvalue weighted by Crippen LogP contribution is 2.52. The molecule has 0 atom stereocenters. The minimum Gasteiger partial charge on any atom is -0.315 e. The van der Waals surface area contributed by atoms with Gasteiger partial charge in [-0.2, -0.15) is 0 Å². The van der Waals surface area contributed by atoms with Crippen LogP contribution in [-0.2, 0) is 0 Å². The summed E-state index contributed by atoms with van der Waals surface area (Å²) < 4.78 is 0. The van der Waals surface area contributed by atoms with E-state index in [-0.39, 0.29) is 0 Å². The Kier molecular flexibility index (Phi) is 4.68. The van der Waals surface area contributed by atoms with Gasteiger partial charge in [0.25, 0.3) is 0 Å². The summed E-state index contributed by atoms with van der Waals surface area (Å²) in [6.07, 6.45) is 6.72. The zero-order valence-electron chi connectivity index (χ0n) is 12.9. The van der Waals surface area contributed by atoms with Crippen LogP contribution in [0.4, 0.5) is 0 Å². The SMILES string of the molecule is CCCC(C)(C)CC1(C(C)(C)CCC)CNC1. The van der Waals surface area contributed by atoms with Crippen LogP contribution in [0.3, 0.4) is 0 Å². The normalized spacial score (nSPS) is 20.1. The van der Waals surface area contributed by atoms with Crippen LogP contribution in [-0.4, -0.2) is 13.1 Å². The van der Waals surface area contributed by atoms with E-state index < -0.39 is 0 Å². The molecule has 0 radical (unpaired) electrons. The fourth-order valence-electron chi connectivity index (χ4n) is 3.84. The predicted octanol–water partition coefficient (Wildman–Crippen LogP) is 4.62. The minimum absolute atomic E-state index is 0.484. The van der Waals surface area contributed by atoms with E-state index in [0.29, 0.717) is 16.2 Å². The van der Waals surface area contributed by atoms with Crippen molar-refractivity contribution in [3.8, 4) is 0 Å². The fraction of sp³-hybridized carbons (Fsp3) is 1.00. The first-order chi connectivity index (χ1) is 7.79. The van der Waals surface area contributed by atoms with Crippen molar-refractivity contribution in [3.63, 3.8) is 0 Å². The van der Waals surface area contributed by atoms with Crippen LogP contribution in [0.2, 0.25) is 0 Å². The molecule has 0 amide bonds. The van der Waals surface area contributed by atoms with Crippen molar-refractivity contribution in [2.24, 2.45) is 16.2 Å². The first kappa shape index (κ1) is 15.0. The first-order valence-corrected chi connectivity index (χ1v) is 7.49. The largest absolute Gasteiger partial charge is 0.315 e. The molecule has 1 heteroatoms. The molecule has 0 unspecified atom stereocenters. The average molecular weight is 239 g/mol. The summed E-state index contributed by atoms with van der Waals surface area (Å²) in [7, 11) is 0. The van der Waals surface area contributed by atoms with Crippen molar-refractivity contribution >= 4 is 0 Å². The highest BCUT2D eigenvalue weighted by Gasteiger charge is 2.50. The Bertz CT molecular complexity index is 236. The molecule has 1 nitrogen and oxygen atoms in total. The lowest BCUT2D eigenvalue weighted by Crippen LogP contribution is -2.62. The van der Waals surface area contributed by atoms with E-state index in [0.717, 1.165) is 0 Å². The van der Waals surface area contributed by atoms with Gasteiger partial charge in [0.05, 0.1) is 0 Å². The number of rotatable bonds is 7. The smallest absolute Gasteiger partial charge is 0.00256 e. The molecule has 1 aliphatic heterocycles. The quantitative estimate of drug-likeness (QED) is 0.683. The number of hydrogen-bond donors (Lipinski definition) is 1. The Labute approximate surface area is 109 Å². The van der Waals surface area contributed by atoms with Crippen molar-refractivity contribution < 1.29 is 0 Å². The summed E-state index contributed by atoms with van der Waals surface area (Å²) in [5.74, 6) is 0. The maximum Gasteiger partial charge on any atom is 0.00256 e. The minimum atomic E-state index is 0.484. The lowest BCUT2D eigenvalue weighted by molar-refractivity contribution is -0.0382. The Hall–Kier alpha value is -0.0400. The molecule has 1 N–H and O–H groups in total. The molecule has 17 heavy (non-hydrogen) atoms. The van der Waals surface area contributed by atoms with Gasteiger partial charge in [0.15, 0.2) is 0 Å². The van der Waals surface area contributed by atoms with Crippen LogP contribution in [0.1, 0.15) is 73.6 Å². The van der Waals surface area contributed by atoms with Crippen LogP contribution in [0, 0.1) is 16.2 Å². The molecule has 1 saturated heterocycles. The predicted molar refractivity (Wildman–Crippen MR) is 77.3 cm³/mol. The molecule has 0 bridgehead atoms. The van der Waals surface area contributed by atoms with Crippen LogP contribution in [0.5, 0.6) is 0 Å². The first-order valence-electron chi connectivity index (χ1n) is 7.49. The molecule has 0 spiro atoms. The lowest BCUT2D eigenvalue weighted by Gasteiger charge is -2.57. The molecule has 102 valence electrons. The van der Waals surface area contributed by atoms with Crippen LogP contribution < -0.4 is 5.32 Å². The van der Waals surface area contributed by atoms with Crippen molar-refractivity contribution in [1.82, 2.24) is 5.32 Å². The maximum absolute atomic E-state index is 3.53. The molecule has 1 fully saturated rings. The Balaban J connectivity index is 2.75. The third-order valence-corrected chi connectivity index (χ3v) is 4.98. The van der Waals surface area contributed by atoms with Gasteiger partial charge >= 0.3 is 0 Å². The van der Waals surface area contributed by atoms with Crippen LogP contribution >= 0.6 is 0 Å². The molecular weight excluding hydrogens is 206 g/mol. The Morgan fingerprint density at radius 1 is 0.941 bits per heavy atom. The number of hydrogen-bond acceptors (Lipinski definition) is 1. The second-order valence-corrected chi connectivity index (χ2v) is 7.61.